The summed E-state index contributed by atoms with van der Waals surface area (Å²) in [4.78, 5) is 29.3. The number of thiocarbonyl (C=S) groups is 1. The highest BCUT2D eigenvalue weighted by atomic mass is 35.5. The van der Waals surface area contributed by atoms with Gasteiger partial charge in [0.05, 0.1) is 5.69 Å². The van der Waals surface area contributed by atoms with E-state index in [2.05, 4.69) is 11.5 Å². The molecule has 7 heteroatoms. The second-order valence-corrected chi connectivity index (χ2v) is 7.70. The van der Waals surface area contributed by atoms with Crippen LogP contribution < -0.4 is 4.90 Å². The Kier molecular flexibility index (Phi) is 5.45. The van der Waals surface area contributed by atoms with Gasteiger partial charge in [-0.25, -0.2) is 0 Å². The van der Waals surface area contributed by atoms with Crippen molar-refractivity contribution in [3.8, 4) is 0 Å². The summed E-state index contributed by atoms with van der Waals surface area (Å²) >= 11 is 11.5. The number of likely N-dealkylation sites (N-methyl/N-ethyl adjacent to an activating group) is 1. The van der Waals surface area contributed by atoms with E-state index in [1.54, 1.807) is 30.3 Å². The van der Waals surface area contributed by atoms with E-state index in [1.807, 2.05) is 37.4 Å². The summed E-state index contributed by atoms with van der Waals surface area (Å²) in [5, 5.41) is 1.71. The highest BCUT2D eigenvalue weighted by Crippen LogP contribution is 2.29. The van der Waals surface area contributed by atoms with E-state index in [0.717, 1.165) is 23.0 Å². The van der Waals surface area contributed by atoms with Crippen LogP contribution in [0.5, 0.6) is 0 Å². The van der Waals surface area contributed by atoms with Crippen molar-refractivity contribution in [3.63, 3.8) is 0 Å². The van der Waals surface area contributed by atoms with Gasteiger partial charge in [-0.15, -0.1) is 0 Å². The molecule has 0 bridgehead atoms. The Balaban J connectivity index is 1.86. The second kappa shape index (κ2) is 8.05. The molecule has 0 spiro atoms. The molecule has 1 saturated heterocycles. The molecule has 0 aliphatic carbocycles. The number of aryl methyl sites for hydroxylation is 1. The van der Waals surface area contributed by atoms with Gasteiger partial charge in [0, 0.05) is 40.8 Å². The highest BCUT2D eigenvalue weighted by molar-refractivity contribution is 7.80. The minimum Gasteiger partial charge on any atom is -0.347 e. The van der Waals surface area contributed by atoms with Gasteiger partial charge >= 0.3 is 0 Å². The van der Waals surface area contributed by atoms with Gasteiger partial charge in [0.2, 0.25) is 0 Å². The van der Waals surface area contributed by atoms with Crippen molar-refractivity contribution in [2.45, 2.75) is 20.4 Å². The average molecular weight is 438 g/mol. The van der Waals surface area contributed by atoms with E-state index in [0.29, 0.717) is 17.3 Å². The van der Waals surface area contributed by atoms with Gasteiger partial charge in [0.15, 0.2) is 5.11 Å². The maximum absolute atomic E-state index is 13.4. The van der Waals surface area contributed by atoms with Crippen molar-refractivity contribution in [1.29, 1.82) is 0 Å². The number of carbonyl (C=O) groups excluding carboxylic acids is 2. The first-order valence-electron chi connectivity index (χ1n) is 9.71. The molecule has 1 aliphatic heterocycles. The third kappa shape index (κ3) is 3.32. The third-order valence-corrected chi connectivity index (χ3v) is 5.85. The number of fused-ring (bicyclic) bond motifs is 1. The molecule has 30 heavy (non-hydrogen) atoms. The fraction of sp³-hybridized carbons (Fsp3) is 0.174. The van der Waals surface area contributed by atoms with Crippen LogP contribution in [0.1, 0.15) is 19.4 Å². The molecule has 2 aromatic carbocycles. The summed E-state index contributed by atoms with van der Waals surface area (Å²) in [6, 6.07) is 14.8. The summed E-state index contributed by atoms with van der Waals surface area (Å²) in [5.41, 5.74) is 2.53. The number of aromatic nitrogens is 1. The van der Waals surface area contributed by atoms with Gasteiger partial charge in [0.25, 0.3) is 11.8 Å². The molecule has 0 N–H and O–H groups in total. The molecule has 0 atom stereocenters. The maximum atomic E-state index is 13.4. The normalized spacial score (nSPS) is 16.2. The number of hydrogen-bond acceptors (Lipinski definition) is 3. The van der Waals surface area contributed by atoms with Crippen LogP contribution >= 0.6 is 23.8 Å². The van der Waals surface area contributed by atoms with Gasteiger partial charge < -0.3 is 4.57 Å². The van der Waals surface area contributed by atoms with E-state index < -0.39 is 5.91 Å². The Morgan fingerprint density at radius 3 is 2.33 bits per heavy atom. The van der Waals surface area contributed by atoms with E-state index in [1.165, 1.54) is 9.80 Å². The minimum absolute atomic E-state index is 0.0828. The van der Waals surface area contributed by atoms with E-state index in [-0.39, 0.29) is 16.6 Å². The Labute approximate surface area is 185 Å². The lowest BCUT2D eigenvalue weighted by atomic mass is 10.1. The molecule has 2 heterocycles. The summed E-state index contributed by atoms with van der Waals surface area (Å²) in [5.74, 6) is -0.823. The van der Waals surface area contributed by atoms with Crippen molar-refractivity contribution >= 4 is 63.4 Å². The second-order valence-electron chi connectivity index (χ2n) is 6.89. The molecule has 1 aromatic heterocycles. The number of amides is 2. The number of para-hydroxylation sites is 1. The molecule has 1 aliphatic rings. The number of hydrogen-bond donors (Lipinski definition) is 0. The number of anilines is 1. The van der Waals surface area contributed by atoms with Crippen molar-refractivity contribution in [3.05, 3.63) is 70.9 Å². The quantitative estimate of drug-likeness (QED) is 0.332. The largest absolute Gasteiger partial charge is 0.347 e. The zero-order chi connectivity index (χ0) is 21.4. The Morgan fingerprint density at radius 2 is 1.67 bits per heavy atom. The number of nitrogens with zero attached hydrogens (tertiary/aromatic N) is 3. The van der Waals surface area contributed by atoms with Crippen molar-refractivity contribution < 1.29 is 9.59 Å². The van der Waals surface area contributed by atoms with E-state index in [9.17, 15) is 9.59 Å². The molecule has 2 amide bonds. The summed E-state index contributed by atoms with van der Waals surface area (Å²) in [7, 11) is 0. The first kappa shape index (κ1) is 20.3. The van der Waals surface area contributed by atoms with Crippen LogP contribution in [0.2, 0.25) is 5.02 Å². The lowest BCUT2D eigenvalue weighted by Gasteiger charge is -2.36. The average Bonchev–Trinajstić information content (AvgIpc) is 3.11. The van der Waals surface area contributed by atoms with E-state index >= 15 is 0 Å². The smallest absolute Gasteiger partial charge is 0.270 e. The SMILES string of the molecule is CCN1C(=O)/C(=C\c2cn(CC)c3ccccc23)C(=O)N(c2ccc(Cl)cc2)C1=S. The first-order valence-corrected chi connectivity index (χ1v) is 10.5. The molecule has 3 aromatic rings. The Bertz CT molecular complexity index is 1200. The summed E-state index contributed by atoms with van der Waals surface area (Å²) < 4.78 is 2.10. The molecular formula is C23H20ClN3O2S. The van der Waals surface area contributed by atoms with Crippen LogP contribution in [-0.2, 0) is 16.1 Å². The van der Waals surface area contributed by atoms with Crippen LogP contribution in [0.4, 0.5) is 5.69 Å². The standard InChI is InChI=1S/C23H20ClN3O2S/c1-3-25-14-15(18-7-5-6-8-20(18)25)13-19-21(28)26(4-2)23(30)27(22(19)29)17-11-9-16(24)10-12-17/h5-14H,3-4H2,1-2H3/b19-13+. The van der Waals surface area contributed by atoms with E-state index in [4.69, 9.17) is 23.8 Å². The zero-order valence-corrected chi connectivity index (χ0v) is 18.2. The number of halogens is 1. The van der Waals surface area contributed by atoms with Gasteiger partial charge in [-0.05, 0) is 62.5 Å². The predicted octanol–water partition coefficient (Wildman–Crippen LogP) is 4.88. The molecule has 1 fully saturated rings. The van der Waals surface area contributed by atoms with Gasteiger partial charge in [0.1, 0.15) is 5.57 Å². The lowest BCUT2D eigenvalue weighted by molar-refractivity contribution is -0.127. The number of rotatable bonds is 4. The monoisotopic (exact) mass is 437 g/mol. The molecular weight excluding hydrogens is 418 g/mol. The van der Waals surface area contributed by atoms with Gasteiger partial charge in [-0.2, -0.15) is 0 Å². The minimum atomic E-state index is -0.439. The topological polar surface area (TPSA) is 45.6 Å². The van der Waals surface area contributed by atoms with Crippen LogP contribution in [-0.4, -0.2) is 32.9 Å². The van der Waals surface area contributed by atoms with Crippen LogP contribution in [0, 0.1) is 0 Å². The van der Waals surface area contributed by atoms with Crippen LogP contribution in [0.3, 0.4) is 0 Å². The molecule has 152 valence electrons. The predicted molar refractivity (Wildman–Crippen MR) is 125 cm³/mol. The number of benzene rings is 2. The molecule has 5 nitrogen and oxygen atoms in total. The highest BCUT2D eigenvalue weighted by Gasteiger charge is 2.39. The Morgan fingerprint density at radius 1 is 0.967 bits per heavy atom. The summed E-state index contributed by atoms with van der Waals surface area (Å²) in [6.45, 7) is 5.04. The summed E-state index contributed by atoms with van der Waals surface area (Å²) in [6.07, 6.45) is 3.64. The first-order chi connectivity index (χ1) is 14.5. The van der Waals surface area contributed by atoms with Crippen LogP contribution in [0.25, 0.3) is 17.0 Å². The van der Waals surface area contributed by atoms with Crippen molar-refractivity contribution in [2.75, 3.05) is 11.4 Å². The molecule has 0 unspecified atom stereocenters. The third-order valence-electron chi connectivity index (χ3n) is 5.19. The van der Waals surface area contributed by atoms with Gasteiger partial charge in [-0.1, -0.05) is 29.8 Å². The zero-order valence-electron chi connectivity index (χ0n) is 16.6. The fourth-order valence-electron chi connectivity index (χ4n) is 3.68. The van der Waals surface area contributed by atoms with Crippen molar-refractivity contribution in [1.82, 2.24) is 9.47 Å². The lowest BCUT2D eigenvalue weighted by Crippen LogP contribution is -2.56. The molecule has 0 saturated carbocycles. The molecule has 4 rings (SSSR count). The van der Waals surface area contributed by atoms with Crippen molar-refractivity contribution in [2.24, 2.45) is 0 Å². The van der Waals surface area contributed by atoms with Crippen LogP contribution in [0.15, 0.2) is 60.3 Å². The maximum Gasteiger partial charge on any atom is 0.270 e. The Hall–Kier alpha value is -2.96. The van der Waals surface area contributed by atoms with Gasteiger partial charge in [-0.3, -0.25) is 19.4 Å². The fourth-order valence-corrected chi connectivity index (χ4v) is 4.21. The number of carbonyl (C=O) groups is 2. The molecule has 0 radical (unpaired) electrons.